The minimum Gasteiger partial charge on any atom is -0.375 e. The molecule has 2 aliphatic rings. The number of nitrogens with zero attached hydrogens (tertiary/aromatic N) is 2. The summed E-state index contributed by atoms with van der Waals surface area (Å²) in [6, 6.07) is 46.7. The molecule has 69 heavy (non-hydrogen) atoms. The van der Waals surface area contributed by atoms with E-state index in [1.54, 1.807) is 0 Å². The predicted molar refractivity (Wildman–Crippen MR) is 305 cm³/mol. The molecule has 0 spiro atoms. The molecule has 8 aromatic carbocycles. The number of aromatic nitrogens is 1. The van der Waals surface area contributed by atoms with Crippen LogP contribution in [0.2, 0.25) is 0 Å². The lowest BCUT2D eigenvalue weighted by Crippen LogP contribution is -2.56. The van der Waals surface area contributed by atoms with Gasteiger partial charge >= 0.3 is 6.85 Å². The fourth-order valence-electron chi connectivity index (χ4n) is 12.1. The molecular weight excluding hydrogens is 832 g/mol. The van der Waals surface area contributed by atoms with E-state index in [2.05, 4.69) is 222 Å². The molecule has 0 unspecified atom stereocenters. The standard InChI is InChI=1S/C66H73BN2/c1-15-17-24-49-47-27-21-22-28-48(47)50(25-18-16-2)52-39-58-56(38-51(49)52)67-61-59(68(58)45-33-42(64(6,7)8)32-43(34-45)65(9,10)11)31-40-23-19-20-26-46(40)60(61)55-37-44(66(12,13)14)36-54-53-35-41(63(3,4)5)29-30-57(53)69(67)62(54)55/h19-23,26-39H,15-18,24-25H2,1-14H3. The minimum atomic E-state index is -0.0544. The topological polar surface area (TPSA) is 8.17 Å². The van der Waals surface area contributed by atoms with Gasteiger partial charge in [0, 0.05) is 44.4 Å². The fraction of sp³-hybridized carbons (Fsp3) is 0.364. The number of unbranched alkanes of at least 4 members (excludes halogenated alkanes) is 2. The molecule has 3 heterocycles. The largest absolute Gasteiger partial charge is 0.375 e. The van der Waals surface area contributed by atoms with Gasteiger partial charge in [-0.2, -0.15) is 0 Å². The van der Waals surface area contributed by atoms with Crippen LogP contribution in [-0.2, 0) is 34.5 Å². The first-order valence-corrected chi connectivity index (χ1v) is 26.3. The summed E-state index contributed by atoms with van der Waals surface area (Å²) in [7, 11) is 0. The lowest BCUT2D eigenvalue weighted by atomic mass is 9.44. The van der Waals surface area contributed by atoms with Crippen molar-refractivity contribution in [3.05, 3.63) is 149 Å². The van der Waals surface area contributed by atoms with E-state index in [1.807, 2.05) is 0 Å². The van der Waals surface area contributed by atoms with E-state index in [4.69, 9.17) is 0 Å². The molecule has 0 saturated heterocycles. The van der Waals surface area contributed by atoms with E-state index in [0.717, 1.165) is 38.5 Å². The lowest BCUT2D eigenvalue weighted by Gasteiger charge is -2.42. The number of benzene rings is 8. The van der Waals surface area contributed by atoms with Gasteiger partial charge in [-0.1, -0.05) is 177 Å². The van der Waals surface area contributed by atoms with E-state index in [0.29, 0.717) is 0 Å². The Morgan fingerprint density at radius 3 is 1.57 bits per heavy atom. The average Bonchev–Trinajstić information content (AvgIpc) is 3.63. The third kappa shape index (κ3) is 7.18. The Kier molecular flexibility index (Phi) is 10.5. The molecule has 3 heteroatoms. The lowest BCUT2D eigenvalue weighted by molar-refractivity contribution is 0.569. The summed E-state index contributed by atoms with van der Waals surface area (Å²) in [6.07, 6.45) is 6.77. The summed E-state index contributed by atoms with van der Waals surface area (Å²) in [6.45, 7) is 33.1. The van der Waals surface area contributed by atoms with Crippen molar-refractivity contribution in [2.24, 2.45) is 0 Å². The number of hydrogen-bond acceptors (Lipinski definition) is 1. The Bertz CT molecular complexity index is 3540. The van der Waals surface area contributed by atoms with Crippen molar-refractivity contribution in [1.82, 2.24) is 4.48 Å². The van der Waals surface area contributed by atoms with Gasteiger partial charge in [0.1, 0.15) is 0 Å². The predicted octanol–water partition coefficient (Wildman–Crippen LogP) is 17.5. The van der Waals surface area contributed by atoms with Gasteiger partial charge in [0.15, 0.2) is 0 Å². The van der Waals surface area contributed by atoms with Crippen LogP contribution in [0.3, 0.4) is 0 Å². The molecule has 9 aromatic rings. The van der Waals surface area contributed by atoms with Crippen molar-refractivity contribution >= 4 is 89.0 Å². The van der Waals surface area contributed by atoms with Gasteiger partial charge in [-0.15, -0.1) is 0 Å². The molecule has 1 aromatic heterocycles. The van der Waals surface area contributed by atoms with Crippen LogP contribution >= 0.6 is 0 Å². The van der Waals surface area contributed by atoms with Crippen LogP contribution in [0.5, 0.6) is 0 Å². The third-order valence-corrected chi connectivity index (χ3v) is 16.1. The van der Waals surface area contributed by atoms with Gasteiger partial charge in [0.2, 0.25) is 0 Å². The van der Waals surface area contributed by atoms with Crippen LogP contribution < -0.4 is 15.8 Å². The molecule has 0 N–H and O–H groups in total. The van der Waals surface area contributed by atoms with Crippen LogP contribution in [0.25, 0.3) is 65.3 Å². The molecule has 0 fully saturated rings. The van der Waals surface area contributed by atoms with Gasteiger partial charge in [-0.05, 0) is 178 Å². The second-order valence-corrected chi connectivity index (χ2v) is 25.1. The molecule has 0 bridgehead atoms. The zero-order valence-corrected chi connectivity index (χ0v) is 44.2. The van der Waals surface area contributed by atoms with Gasteiger partial charge in [-0.25, -0.2) is 0 Å². The third-order valence-electron chi connectivity index (χ3n) is 16.1. The minimum absolute atomic E-state index is 0.0110. The monoisotopic (exact) mass is 905 g/mol. The second-order valence-electron chi connectivity index (χ2n) is 25.1. The van der Waals surface area contributed by atoms with E-state index < -0.39 is 0 Å². The number of aryl methyl sites for hydroxylation is 2. The van der Waals surface area contributed by atoms with Crippen molar-refractivity contribution < 1.29 is 0 Å². The van der Waals surface area contributed by atoms with Gasteiger partial charge in [0.05, 0.1) is 0 Å². The SMILES string of the molecule is CCCCc1c2ccccc2c(CCCC)c2cc3c(cc12)B1c2c(cc4ccccc4c2-c2cc(C(C)(C)C)cc4c5cc(C(C)(C)C)ccc5n1c24)N3c1cc(C(C)(C)C)cc(C(C)(C)C)c1. The smallest absolute Gasteiger partial charge is 0.333 e. The number of fused-ring (bicyclic) bond motifs is 11. The Hall–Kier alpha value is -5.80. The zero-order valence-electron chi connectivity index (χ0n) is 44.2. The maximum Gasteiger partial charge on any atom is 0.333 e. The van der Waals surface area contributed by atoms with Crippen molar-refractivity contribution in [3.8, 4) is 11.1 Å². The summed E-state index contributed by atoms with van der Waals surface area (Å²) >= 11 is 0. The average molecular weight is 905 g/mol. The first-order chi connectivity index (χ1) is 32.7. The van der Waals surface area contributed by atoms with Gasteiger partial charge in [-0.3, -0.25) is 0 Å². The van der Waals surface area contributed by atoms with E-state index >= 15 is 0 Å². The zero-order chi connectivity index (χ0) is 48.7. The molecule has 0 atom stereocenters. The Balaban J connectivity index is 1.39. The summed E-state index contributed by atoms with van der Waals surface area (Å²) < 4.78 is 2.80. The fourth-order valence-corrected chi connectivity index (χ4v) is 12.1. The summed E-state index contributed by atoms with van der Waals surface area (Å²) in [5.74, 6) is 0. The molecule has 0 aliphatic carbocycles. The maximum atomic E-state index is 2.80. The van der Waals surface area contributed by atoms with Gasteiger partial charge < -0.3 is 9.38 Å². The van der Waals surface area contributed by atoms with Crippen molar-refractivity contribution in [2.45, 2.75) is 157 Å². The molecule has 0 saturated carbocycles. The number of hydrogen-bond donors (Lipinski definition) is 0. The second kappa shape index (κ2) is 15.9. The van der Waals surface area contributed by atoms with Crippen molar-refractivity contribution in [1.29, 1.82) is 0 Å². The summed E-state index contributed by atoms with van der Waals surface area (Å²) in [5.41, 5.74) is 20.4. The van der Waals surface area contributed by atoms with E-state index in [9.17, 15) is 0 Å². The first kappa shape index (κ1) is 45.6. The molecule has 0 amide bonds. The van der Waals surface area contributed by atoms with E-state index in [-0.39, 0.29) is 28.5 Å². The Morgan fingerprint density at radius 1 is 0.449 bits per heavy atom. The maximum absolute atomic E-state index is 2.80. The first-order valence-electron chi connectivity index (χ1n) is 26.3. The normalized spacial score (nSPS) is 13.9. The highest BCUT2D eigenvalue weighted by Gasteiger charge is 2.45. The summed E-state index contributed by atoms with van der Waals surface area (Å²) in [4.78, 5) is 2.73. The molecule has 2 aliphatic heterocycles. The van der Waals surface area contributed by atoms with Crippen LogP contribution in [0, 0.1) is 0 Å². The van der Waals surface area contributed by atoms with Crippen LogP contribution in [-0.4, -0.2) is 11.3 Å². The molecule has 350 valence electrons. The molecule has 2 nitrogen and oxygen atoms in total. The van der Waals surface area contributed by atoms with Crippen LogP contribution in [0.1, 0.15) is 156 Å². The number of anilines is 3. The highest BCUT2D eigenvalue weighted by Crippen LogP contribution is 2.51. The highest BCUT2D eigenvalue weighted by molar-refractivity contribution is 6.90. The quantitative estimate of drug-likeness (QED) is 0.114. The van der Waals surface area contributed by atoms with Crippen molar-refractivity contribution in [2.75, 3.05) is 4.90 Å². The summed E-state index contributed by atoms with van der Waals surface area (Å²) in [5, 5.41) is 11.1. The highest BCUT2D eigenvalue weighted by atomic mass is 15.2. The molecular formula is C66H73BN2. The van der Waals surface area contributed by atoms with Crippen LogP contribution in [0.4, 0.5) is 17.1 Å². The Labute approximate surface area is 413 Å². The molecule has 0 radical (unpaired) electrons. The van der Waals surface area contributed by atoms with Crippen molar-refractivity contribution in [3.63, 3.8) is 0 Å². The number of rotatable bonds is 7. The van der Waals surface area contributed by atoms with Gasteiger partial charge in [0.25, 0.3) is 0 Å². The Morgan fingerprint density at radius 2 is 0.986 bits per heavy atom. The van der Waals surface area contributed by atoms with E-state index in [1.165, 1.54) is 127 Å². The van der Waals surface area contributed by atoms with Crippen LogP contribution in [0.15, 0.2) is 115 Å². The molecule has 11 rings (SSSR count).